The van der Waals surface area contributed by atoms with Crippen molar-refractivity contribution in [3.8, 4) is 0 Å². The van der Waals surface area contributed by atoms with E-state index in [1.807, 2.05) is 0 Å². The van der Waals surface area contributed by atoms with Crippen molar-refractivity contribution in [3.63, 3.8) is 0 Å². The van der Waals surface area contributed by atoms with Crippen molar-refractivity contribution in [2.45, 2.75) is 6.43 Å². The van der Waals surface area contributed by atoms with E-state index in [0.717, 1.165) is 0 Å². The first-order valence-corrected chi connectivity index (χ1v) is 4.32. The van der Waals surface area contributed by atoms with E-state index in [9.17, 15) is 17.7 Å². The van der Waals surface area contributed by atoms with Crippen molar-refractivity contribution in [2.24, 2.45) is 0 Å². The fourth-order valence-corrected chi connectivity index (χ4v) is 0.478. The van der Waals surface area contributed by atoms with Gasteiger partial charge in [-0.05, 0) is 0 Å². The van der Waals surface area contributed by atoms with Gasteiger partial charge in [0.1, 0.15) is 0 Å². The molecule has 0 saturated heterocycles. The van der Waals surface area contributed by atoms with Crippen molar-refractivity contribution in [1.82, 2.24) is 0 Å². The van der Waals surface area contributed by atoms with E-state index in [2.05, 4.69) is 25.5 Å². The van der Waals surface area contributed by atoms with Gasteiger partial charge in [0, 0.05) is 0 Å². The third kappa shape index (κ3) is 6.85. The summed E-state index contributed by atoms with van der Waals surface area (Å²) in [4.78, 5) is 11.6. The summed E-state index contributed by atoms with van der Waals surface area (Å²) in [5.74, 6) is 0. The third-order valence-electron chi connectivity index (χ3n) is 0.555. The molecule has 0 aliphatic carbocycles. The molecule has 1 N–H and O–H groups in total. The van der Waals surface area contributed by atoms with Gasteiger partial charge < -0.3 is 0 Å². The minimum Gasteiger partial charge on any atom is -0.300 e. The van der Waals surface area contributed by atoms with Crippen molar-refractivity contribution in [2.75, 3.05) is 0 Å². The fourth-order valence-electron chi connectivity index (χ4n) is 0.221. The van der Waals surface area contributed by atoms with Gasteiger partial charge >= 0.3 is 13.8 Å². The smallest absolute Gasteiger partial charge is 0.300 e. The van der Waals surface area contributed by atoms with Crippen LogP contribution in [0.4, 0.5) is 13.2 Å². The number of phosphoric acid groups is 1. The molecule has 0 fully saturated rings. The van der Waals surface area contributed by atoms with Crippen LogP contribution >= 0.6 is 19.7 Å². The van der Waals surface area contributed by atoms with Crippen molar-refractivity contribution < 1.29 is 36.3 Å². The van der Waals surface area contributed by atoms with E-state index in [4.69, 9.17) is 4.89 Å². The molecule has 0 bridgehead atoms. The first kappa shape index (κ1) is 12.7. The van der Waals surface area contributed by atoms with E-state index < -0.39 is 20.3 Å². The Labute approximate surface area is 75.4 Å². The standard InChI is InChI=1S/C3H3ClF3O5P/c4-11-13(8,9)12-10-3(7)1-2(5)6/h1-2H,(H,8,9). The first-order valence-electron chi connectivity index (χ1n) is 2.52. The van der Waals surface area contributed by atoms with Gasteiger partial charge in [0.2, 0.25) is 0 Å². The number of hydrogen-bond acceptors (Lipinski definition) is 4. The Morgan fingerprint density at radius 3 is 2.54 bits per heavy atom. The zero-order valence-corrected chi connectivity index (χ0v) is 7.34. The predicted octanol–water partition coefficient (Wildman–Crippen LogP) is 2.28. The van der Waals surface area contributed by atoms with Gasteiger partial charge in [-0.2, -0.15) is 8.47 Å². The Hall–Kier alpha value is -0.270. The molecule has 0 aromatic rings. The topological polar surface area (TPSA) is 65.0 Å². The SMILES string of the molecule is O=P(O)(OCl)OOC(F)=CC(F)F. The Morgan fingerprint density at radius 1 is 1.62 bits per heavy atom. The average molecular weight is 242 g/mol. The van der Waals surface area contributed by atoms with Crippen LogP contribution in [0.15, 0.2) is 12.1 Å². The van der Waals surface area contributed by atoms with Crippen molar-refractivity contribution in [3.05, 3.63) is 12.1 Å². The lowest BCUT2D eigenvalue weighted by Crippen LogP contribution is -1.92. The van der Waals surface area contributed by atoms with Crippen LogP contribution in [0.3, 0.4) is 0 Å². The summed E-state index contributed by atoms with van der Waals surface area (Å²) in [6.45, 7) is 0. The van der Waals surface area contributed by atoms with Gasteiger partial charge in [-0.1, -0.05) is 4.67 Å². The molecule has 0 rings (SSSR count). The van der Waals surface area contributed by atoms with Gasteiger partial charge in [-0.3, -0.25) is 9.78 Å². The Kier molecular flexibility index (Phi) is 5.34. The lowest BCUT2D eigenvalue weighted by Gasteiger charge is -2.04. The highest BCUT2D eigenvalue weighted by atomic mass is 35.5. The van der Waals surface area contributed by atoms with E-state index in [1.165, 1.54) is 0 Å². The summed E-state index contributed by atoms with van der Waals surface area (Å²) in [6.07, 6.45) is -3.42. The summed E-state index contributed by atoms with van der Waals surface area (Å²) in [7, 11) is -4.75. The molecule has 1 atom stereocenters. The second-order valence-electron chi connectivity index (χ2n) is 1.50. The lowest BCUT2D eigenvalue weighted by atomic mass is 10.6. The van der Waals surface area contributed by atoms with E-state index >= 15 is 0 Å². The molecule has 78 valence electrons. The van der Waals surface area contributed by atoms with E-state index in [-0.39, 0.29) is 6.08 Å². The summed E-state index contributed by atoms with van der Waals surface area (Å²) in [5, 5.41) is 0. The van der Waals surface area contributed by atoms with Gasteiger partial charge in [0.05, 0.1) is 17.9 Å². The highest BCUT2D eigenvalue weighted by Gasteiger charge is 2.24. The number of allylic oxidation sites excluding steroid dienone is 1. The minimum absolute atomic E-state index is 0.297. The molecule has 0 aliphatic rings. The molecule has 0 aliphatic heterocycles. The normalized spacial score (nSPS) is 17.2. The number of halogens is 4. The zero-order valence-electron chi connectivity index (χ0n) is 5.69. The number of hydrogen-bond donors (Lipinski definition) is 1. The van der Waals surface area contributed by atoms with Crippen LogP contribution in [0.2, 0.25) is 0 Å². The molecule has 0 radical (unpaired) electrons. The molecule has 0 amide bonds. The highest BCUT2D eigenvalue weighted by molar-refractivity contribution is 7.48. The minimum atomic E-state index is -4.75. The maximum Gasteiger partial charge on any atom is 0.525 e. The monoisotopic (exact) mass is 242 g/mol. The molecule has 0 aromatic carbocycles. The quantitative estimate of drug-likeness (QED) is 0.347. The maximum atomic E-state index is 12.0. The van der Waals surface area contributed by atoms with Crippen LogP contribution in [-0.2, 0) is 18.2 Å². The predicted molar refractivity (Wildman–Crippen MR) is 34.1 cm³/mol. The molecular formula is C3H3ClF3O5P. The largest absolute Gasteiger partial charge is 0.525 e. The molecule has 0 saturated carbocycles. The molecule has 5 nitrogen and oxygen atoms in total. The van der Waals surface area contributed by atoms with Crippen LogP contribution in [0.1, 0.15) is 0 Å². The first-order chi connectivity index (χ1) is 5.87. The Balaban J connectivity index is 3.97. The molecule has 13 heavy (non-hydrogen) atoms. The van der Waals surface area contributed by atoms with Gasteiger partial charge in [0.25, 0.3) is 6.43 Å². The molecule has 1 unspecified atom stereocenters. The Morgan fingerprint density at radius 2 is 2.15 bits per heavy atom. The summed E-state index contributed by atoms with van der Waals surface area (Å²) < 4.78 is 51.5. The van der Waals surface area contributed by atoms with Crippen molar-refractivity contribution >= 4 is 19.7 Å². The second kappa shape index (κ2) is 5.46. The Bertz CT molecular complexity index is 233. The third-order valence-corrected chi connectivity index (χ3v) is 1.52. The van der Waals surface area contributed by atoms with Crippen LogP contribution in [0.5, 0.6) is 0 Å². The molecular weight excluding hydrogens is 239 g/mol. The van der Waals surface area contributed by atoms with E-state index in [1.54, 1.807) is 0 Å². The lowest BCUT2D eigenvalue weighted by molar-refractivity contribution is -0.203. The zero-order chi connectivity index (χ0) is 10.5. The number of rotatable bonds is 5. The molecule has 10 heteroatoms. The van der Waals surface area contributed by atoms with Gasteiger partial charge in [-0.25, -0.2) is 13.3 Å². The van der Waals surface area contributed by atoms with Crippen molar-refractivity contribution in [1.29, 1.82) is 0 Å². The molecule has 0 heterocycles. The summed E-state index contributed by atoms with van der Waals surface area (Å²) >= 11 is 4.37. The highest BCUT2D eigenvalue weighted by Crippen LogP contribution is 2.45. The molecule has 0 spiro atoms. The van der Waals surface area contributed by atoms with Gasteiger partial charge in [-0.15, -0.1) is 0 Å². The van der Waals surface area contributed by atoms with Crippen LogP contribution in [0.25, 0.3) is 0 Å². The second-order valence-corrected chi connectivity index (χ2v) is 3.14. The van der Waals surface area contributed by atoms with Crippen LogP contribution in [0, 0.1) is 0 Å². The van der Waals surface area contributed by atoms with Crippen LogP contribution < -0.4 is 0 Å². The van der Waals surface area contributed by atoms with E-state index in [0.29, 0.717) is 0 Å². The molecule has 0 aromatic heterocycles. The average Bonchev–Trinajstić information content (AvgIpc) is 2.00. The number of alkyl halides is 2. The fraction of sp³-hybridized carbons (Fsp3) is 0.333. The maximum absolute atomic E-state index is 12.0. The summed E-state index contributed by atoms with van der Waals surface area (Å²) in [6, 6.07) is -1.89. The summed E-state index contributed by atoms with van der Waals surface area (Å²) in [5.41, 5.74) is 0. The van der Waals surface area contributed by atoms with Gasteiger partial charge in [0.15, 0.2) is 0 Å². The van der Waals surface area contributed by atoms with Crippen LogP contribution in [-0.4, -0.2) is 11.3 Å².